The Morgan fingerprint density at radius 2 is 1.06 bits per heavy atom. The van der Waals surface area contributed by atoms with Gasteiger partial charge in [0.05, 0.1) is 26.4 Å². The topological polar surface area (TPSA) is 94.5 Å². The number of rotatable bonds is 19. The Kier molecular flexibility index (Phi) is 15.0. The van der Waals surface area contributed by atoms with Gasteiger partial charge in [-0.1, -0.05) is 72.6 Å². The SMILES string of the molecule is CCCCCCCOC(=O)c1c(O)c(O)c(OCCCC)c(OCCCC)c1OCCCC. The average Bonchev–Trinajstić information content (AvgIpc) is 2.81. The van der Waals surface area contributed by atoms with Crippen LogP contribution in [0.25, 0.3) is 0 Å². The van der Waals surface area contributed by atoms with E-state index in [0.717, 1.165) is 70.6 Å². The largest absolute Gasteiger partial charge is 0.503 e. The number of carbonyl (C=O) groups excluding carboxylic acids is 1. The molecule has 0 heterocycles. The molecule has 2 N–H and O–H groups in total. The highest BCUT2D eigenvalue weighted by Crippen LogP contribution is 2.53. The van der Waals surface area contributed by atoms with Gasteiger partial charge in [0, 0.05) is 0 Å². The lowest BCUT2D eigenvalue weighted by Crippen LogP contribution is -2.13. The molecule has 0 aliphatic carbocycles. The summed E-state index contributed by atoms with van der Waals surface area (Å²) >= 11 is 0. The van der Waals surface area contributed by atoms with Gasteiger partial charge >= 0.3 is 5.97 Å². The molecule has 0 bridgehead atoms. The fourth-order valence-electron chi connectivity index (χ4n) is 3.15. The van der Waals surface area contributed by atoms with Gasteiger partial charge in [-0.05, 0) is 25.7 Å². The van der Waals surface area contributed by atoms with Crippen molar-refractivity contribution in [3.05, 3.63) is 5.56 Å². The van der Waals surface area contributed by atoms with Crippen molar-refractivity contribution in [2.45, 2.75) is 98.3 Å². The van der Waals surface area contributed by atoms with Crippen molar-refractivity contribution < 1.29 is 34.0 Å². The smallest absolute Gasteiger partial charge is 0.346 e. The van der Waals surface area contributed by atoms with Gasteiger partial charge in [0.25, 0.3) is 0 Å². The van der Waals surface area contributed by atoms with Gasteiger partial charge in [-0.2, -0.15) is 0 Å². The van der Waals surface area contributed by atoms with Crippen LogP contribution in [0.3, 0.4) is 0 Å². The number of ether oxygens (including phenoxy) is 4. The van der Waals surface area contributed by atoms with Crippen molar-refractivity contribution in [1.29, 1.82) is 0 Å². The molecule has 0 saturated heterocycles. The van der Waals surface area contributed by atoms with E-state index in [1.165, 1.54) is 0 Å². The molecule has 0 radical (unpaired) electrons. The lowest BCUT2D eigenvalue weighted by molar-refractivity contribution is 0.0487. The second kappa shape index (κ2) is 17.2. The first-order valence-electron chi connectivity index (χ1n) is 12.7. The number of esters is 1. The molecule has 1 aromatic carbocycles. The summed E-state index contributed by atoms with van der Waals surface area (Å²) < 4.78 is 23.1. The molecule has 1 rings (SSSR count). The van der Waals surface area contributed by atoms with E-state index in [4.69, 9.17) is 18.9 Å². The summed E-state index contributed by atoms with van der Waals surface area (Å²) in [6, 6.07) is 0. The van der Waals surface area contributed by atoms with Gasteiger partial charge < -0.3 is 29.2 Å². The standard InChI is InChI=1S/C26H44O7/c1-5-9-13-14-15-19-33-26(29)20-21(27)22(28)24(31-17-11-7-3)25(32-18-12-8-4)23(20)30-16-10-6-2/h27-28H,5-19H2,1-4H3. The van der Waals surface area contributed by atoms with Crippen LogP contribution < -0.4 is 14.2 Å². The van der Waals surface area contributed by atoms with Crippen LogP contribution in [-0.2, 0) is 4.74 Å². The normalized spacial score (nSPS) is 10.8. The van der Waals surface area contributed by atoms with E-state index in [9.17, 15) is 15.0 Å². The predicted octanol–water partition coefficient (Wildman–Crippen LogP) is 6.76. The third kappa shape index (κ3) is 9.60. The number of hydrogen-bond acceptors (Lipinski definition) is 7. The minimum Gasteiger partial charge on any atom is -0.503 e. The summed E-state index contributed by atoms with van der Waals surface area (Å²) in [4.78, 5) is 12.9. The Balaban J connectivity index is 3.27. The Hall–Kier alpha value is -2.31. The minimum atomic E-state index is -0.745. The molecule has 0 saturated carbocycles. The zero-order valence-electron chi connectivity index (χ0n) is 21.0. The van der Waals surface area contributed by atoms with Gasteiger partial charge in [0.2, 0.25) is 17.2 Å². The maximum Gasteiger partial charge on any atom is 0.346 e. The van der Waals surface area contributed by atoms with Crippen LogP contribution >= 0.6 is 0 Å². The lowest BCUT2D eigenvalue weighted by atomic mass is 10.1. The van der Waals surface area contributed by atoms with Crippen LogP contribution in [0.4, 0.5) is 0 Å². The number of carbonyl (C=O) groups is 1. The molecule has 0 aliphatic rings. The monoisotopic (exact) mass is 468 g/mol. The van der Waals surface area contributed by atoms with Crippen LogP contribution in [0.1, 0.15) is 109 Å². The molecule has 1 aromatic rings. The summed E-state index contributed by atoms with van der Waals surface area (Å²) in [7, 11) is 0. The summed E-state index contributed by atoms with van der Waals surface area (Å²) in [6.45, 7) is 9.51. The molecule has 33 heavy (non-hydrogen) atoms. The van der Waals surface area contributed by atoms with Crippen molar-refractivity contribution >= 4 is 5.97 Å². The number of aromatic hydroxyl groups is 2. The van der Waals surface area contributed by atoms with E-state index in [0.29, 0.717) is 19.8 Å². The van der Waals surface area contributed by atoms with Crippen molar-refractivity contribution in [3.8, 4) is 28.7 Å². The predicted molar refractivity (Wildman–Crippen MR) is 130 cm³/mol. The highest BCUT2D eigenvalue weighted by Gasteiger charge is 2.32. The number of benzene rings is 1. The number of hydrogen-bond donors (Lipinski definition) is 2. The van der Waals surface area contributed by atoms with Crippen molar-refractivity contribution in [2.75, 3.05) is 26.4 Å². The molecule has 0 aromatic heterocycles. The molecule has 7 nitrogen and oxygen atoms in total. The highest BCUT2D eigenvalue weighted by molar-refractivity contribution is 5.99. The quantitative estimate of drug-likeness (QED) is 0.131. The average molecular weight is 469 g/mol. The molecular weight excluding hydrogens is 424 g/mol. The van der Waals surface area contributed by atoms with Gasteiger partial charge in [-0.3, -0.25) is 0 Å². The lowest BCUT2D eigenvalue weighted by Gasteiger charge is -2.21. The van der Waals surface area contributed by atoms with E-state index in [1.807, 2.05) is 20.8 Å². The molecular formula is C26H44O7. The second-order valence-corrected chi connectivity index (χ2v) is 8.22. The molecule has 0 fully saturated rings. The first-order chi connectivity index (χ1) is 16.0. The molecule has 0 aliphatic heterocycles. The molecule has 190 valence electrons. The summed E-state index contributed by atoms with van der Waals surface area (Å²) in [5.41, 5.74) is -0.216. The molecule has 7 heteroatoms. The van der Waals surface area contributed by atoms with E-state index in [2.05, 4.69) is 6.92 Å². The number of unbranched alkanes of at least 4 members (excludes halogenated alkanes) is 7. The van der Waals surface area contributed by atoms with E-state index < -0.39 is 17.5 Å². The van der Waals surface area contributed by atoms with Crippen LogP contribution in [0.2, 0.25) is 0 Å². The third-order valence-corrected chi connectivity index (χ3v) is 5.23. The van der Waals surface area contributed by atoms with Gasteiger partial charge in [-0.15, -0.1) is 0 Å². The Morgan fingerprint density at radius 1 is 0.576 bits per heavy atom. The minimum absolute atomic E-state index is 0.000308. The van der Waals surface area contributed by atoms with E-state index in [-0.39, 0.29) is 29.4 Å². The number of phenols is 2. The molecule has 0 spiro atoms. The first-order valence-corrected chi connectivity index (χ1v) is 12.7. The summed E-state index contributed by atoms with van der Waals surface area (Å²) in [6.07, 6.45) is 10.1. The van der Waals surface area contributed by atoms with Crippen LogP contribution in [0.15, 0.2) is 0 Å². The van der Waals surface area contributed by atoms with Gasteiger partial charge in [0.15, 0.2) is 17.1 Å². The third-order valence-electron chi connectivity index (χ3n) is 5.23. The van der Waals surface area contributed by atoms with Crippen LogP contribution in [0.5, 0.6) is 28.7 Å². The van der Waals surface area contributed by atoms with Crippen molar-refractivity contribution in [2.24, 2.45) is 0 Å². The van der Waals surface area contributed by atoms with Gasteiger partial charge in [0.1, 0.15) is 0 Å². The van der Waals surface area contributed by atoms with E-state index in [1.54, 1.807) is 0 Å². The fraction of sp³-hybridized carbons (Fsp3) is 0.731. The molecule has 0 atom stereocenters. The van der Waals surface area contributed by atoms with Crippen LogP contribution in [-0.4, -0.2) is 42.6 Å². The maximum absolute atomic E-state index is 12.9. The van der Waals surface area contributed by atoms with Crippen molar-refractivity contribution in [1.82, 2.24) is 0 Å². The van der Waals surface area contributed by atoms with E-state index >= 15 is 0 Å². The van der Waals surface area contributed by atoms with Crippen molar-refractivity contribution in [3.63, 3.8) is 0 Å². The second-order valence-electron chi connectivity index (χ2n) is 8.22. The number of phenolic OH excluding ortho intramolecular Hbond substituents is 2. The maximum atomic E-state index is 12.9. The zero-order valence-corrected chi connectivity index (χ0v) is 21.0. The zero-order chi connectivity index (χ0) is 24.5. The Labute approximate surface area is 199 Å². The first kappa shape index (κ1) is 28.7. The highest BCUT2D eigenvalue weighted by atomic mass is 16.6. The Morgan fingerprint density at radius 3 is 1.61 bits per heavy atom. The van der Waals surface area contributed by atoms with Gasteiger partial charge in [-0.25, -0.2) is 4.79 Å². The molecule has 0 amide bonds. The fourth-order valence-corrected chi connectivity index (χ4v) is 3.15. The summed E-state index contributed by atoms with van der Waals surface area (Å²) in [5, 5.41) is 21.5. The summed E-state index contributed by atoms with van der Waals surface area (Å²) in [5.74, 6) is -1.68. The van der Waals surface area contributed by atoms with Crippen LogP contribution in [0, 0.1) is 0 Å². The molecule has 0 unspecified atom stereocenters. The Bertz CT molecular complexity index is 688.